The summed E-state index contributed by atoms with van der Waals surface area (Å²) in [7, 11) is 0. The molecular weight excluding hydrogens is 231 g/mol. The second-order valence-corrected chi connectivity index (χ2v) is 2.06. The monoisotopic (exact) mass is 239 g/mol. The van der Waals surface area contributed by atoms with Crippen LogP contribution in [0.5, 0.6) is 0 Å². The standard InChI is InChI=1S/C8H9NO2.Y/c9-8(10)11-6-7-4-2-1-3-5-7;/h1-5H,6H2,(H2,9,10);/p-1. The molecule has 12 heavy (non-hydrogen) atoms. The van der Waals surface area contributed by atoms with Gasteiger partial charge in [-0.2, -0.15) is 0 Å². The zero-order valence-corrected chi connectivity index (χ0v) is 9.33. The van der Waals surface area contributed by atoms with E-state index >= 15 is 0 Å². The Morgan fingerprint density at radius 1 is 1.33 bits per heavy atom. The molecule has 1 rings (SSSR count). The summed E-state index contributed by atoms with van der Waals surface area (Å²) < 4.78 is 4.46. The van der Waals surface area contributed by atoms with Crippen LogP contribution in [0.2, 0.25) is 0 Å². The molecule has 1 N–H and O–H groups in total. The molecular formula is C8H8NO2Y-. The normalized spacial score (nSPS) is 8.33. The molecule has 1 aromatic carbocycles. The Balaban J connectivity index is 0.00000121. The van der Waals surface area contributed by atoms with E-state index in [0.717, 1.165) is 5.56 Å². The Morgan fingerprint density at radius 2 is 1.92 bits per heavy atom. The van der Waals surface area contributed by atoms with Gasteiger partial charge in [-0.05, 0) is 5.56 Å². The van der Waals surface area contributed by atoms with Crippen molar-refractivity contribution in [1.29, 1.82) is 0 Å². The van der Waals surface area contributed by atoms with Gasteiger partial charge in [0.25, 0.3) is 0 Å². The average Bonchev–Trinajstić information content (AvgIpc) is 2.03. The van der Waals surface area contributed by atoms with Crippen molar-refractivity contribution >= 4 is 6.09 Å². The van der Waals surface area contributed by atoms with E-state index in [-0.39, 0.29) is 39.3 Å². The van der Waals surface area contributed by atoms with E-state index in [4.69, 9.17) is 5.73 Å². The fraction of sp³-hybridized carbons (Fsp3) is 0.125. The zero-order valence-electron chi connectivity index (χ0n) is 6.49. The van der Waals surface area contributed by atoms with E-state index in [2.05, 4.69) is 4.74 Å². The van der Waals surface area contributed by atoms with Gasteiger partial charge in [-0.3, -0.25) is 4.79 Å². The minimum Gasteiger partial charge on any atom is -0.632 e. The Bertz CT molecular complexity index is 238. The number of hydrogen-bond acceptors (Lipinski definition) is 2. The van der Waals surface area contributed by atoms with Gasteiger partial charge in [-0.1, -0.05) is 30.3 Å². The zero-order chi connectivity index (χ0) is 8.10. The molecule has 1 amide bonds. The fourth-order valence-corrected chi connectivity index (χ4v) is 0.723. The third kappa shape index (κ3) is 4.47. The van der Waals surface area contributed by atoms with Crippen molar-refractivity contribution in [3.05, 3.63) is 41.6 Å². The molecule has 0 aliphatic rings. The number of amides is 1. The van der Waals surface area contributed by atoms with Crippen LogP contribution >= 0.6 is 0 Å². The summed E-state index contributed by atoms with van der Waals surface area (Å²) in [5.41, 5.74) is 7.36. The quantitative estimate of drug-likeness (QED) is 0.795. The molecule has 1 aromatic rings. The van der Waals surface area contributed by atoms with E-state index in [1.807, 2.05) is 30.3 Å². The first kappa shape index (κ1) is 11.6. The van der Waals surface area contributed by atoms with Crippen molar-refractivity contribution in [2.24, 2.45) is 0 Å². The third-order valence-electron chi connectivity index (χ3n) is 1.21. The number of benzene rings is 1. The Labute approximate surface area is 96.2 Å². The Morgan fingerprint density at radius 3 is 2.42 bits per heavy atom. The minimum absolute atomic E-state index is 0. The number of ether oxygens (including phenoxy) is 1. The van der Waals surface area contributed by atoms with Gasteiger partial charge in [0.2, 0.25) is 6.09 Å². The summed E-state index contributed by atoms with van der Waals surface area (Å²) in [4.78, 5) is 10.1. The van der Waals surface area contributed by atoms with Crippen molar-refractivity contribution in [1.82, 2.24) is 0 Å². The van der Waals surface area contributed by atoms with Crippen molar-refractivity contribution in [2.75, 3.05) is 0 Å². The topological polar surface area (TPSA) is 50.1 Å². The van der Waals surface area contributed by atoms with Gasteiger partial charge < -0.3 is 10.5 Å². The largest absolute Gasteiger partial charge is 0.632 e. The maximum Gasteiger partial charge on any atom is 0.227 e. The third-order valence-corrected chi connectivity index (χ3v) is 1.21. The van der Waals surface area contributed by atoms with E-state index in [0.29, 0.717) is 0 Å². The van der Waals surface area contributed by atoms with Gasteiger partial charge in [0.15, 0.2) is 0 Å². The number of carbonyl (C=O) groups is 1. The van der Waals surface area contributed by atoms with Crippen LogP contribution in [-0.2, 0) is 44.1 Å². The summed E-state index contributed by atoms with van der Waals surface area (Å²) in [6.07, 6.45) is -0.992. The Hall–Kier alpha value is -0.406. The summed E-state index contributed by atoms with van der Waals surface area (Å²) in [5, 5.41) is 0. The minimum atomic E-state index is -0.992. The van der Waals surface area contributed by atoms with Crippen LogP contribution in [0.1, 0.15) is 5.56 Å². The number of nitrogens with one attached hydrogen (secondary N) is 1. The van der Waals surface area contributed by atoms with Gasteiger partial charge >= 0.3 is 0 Å². The van der Waals surface area contributed by atoms with Crippen molar-refractivity contribution in [3.8, 4) is 0 Å². The molecule has 0 aliphatic heterocycles. The van der Waals surface area contributed by atoms with Crippen LogP contribution in [0.3, 0.4) is 0 Å². The summed E-state index contributed by atoms with van der Waals surface area (Å²) in [6.45, 7) is 0.184. The SMILES string of the molecule is [NH-]C(=O)OCc1ccccc1.[Y]. The molecule has 0 aliphatic carbocycles. The van der Waals surface area contributed by atoms with E-state index < -0.39 is 6.09 Å². The smallest absolute Gasteiger partial charge is 0.227 e. The van der Waals surface area contributed by atoms with E-state index in [9.17, 15) is 4.79 Å². The molecule has 0 aromatic heterocycles. The maximum atomic E-state index is 10.1. The van der Waals surface area contributed by atoms with Crippen molar-refractivity contribution < 1.29 is 42.2 Å². The van der Waals surface area contributed by atoms with E-state index in [1.54, 1.807) is 0 Å². The molecule has 0 saturated carbocycles. The predicted molar refractivity (Wildman–Crippen MR) is 40.9 cm³/mol. The molecule has 3 nitrogen and oxygen atoms in total. The summed E-state index contributed by atoms with van der Waals surface area (Å²) in [5.74, 6) is 0. The van der Waals surface area contributed by atoms with E-state index in [1.165, 1.54) is 0 Å². The van der Waals surface area contributed by atoms with Gasteiger partial charge in [-0.25, -0.2) is 0 Å². The van der Waals surface area contributed by atoms with Crippen LogP contribution in [0.15, 0.2) is 30.3 Å². The molecule has 4 heteroatoms. The first-order valence-corrected chi connectivity index (χ1v) is 3.21. The number of hydrogen-bond donors (Lipinski definition) is 0. The van der Waals surface area contributed by atoms with Crippen LogP contribution in [0.25, 0.3) is 5.73 Å². The molecule has 0 bridgehead atoms. The maximum absolute atomic E-state index is 10.1. The summed E-state index contributed by atoms with van der Waals surface area (Å²) >= 11 is 0. The summed E-state index contributed by atoms with van der Waals surface area (Å²) in [6, 6.07) is 9.26. The van der Waals surface area contributed by atoms with Crippen LogP contribution in [0.4, 0.5) is 4.79 Å². The molecule has 1 radical (unpaired) electrons. The number of carbonyl (C=O) groups excluding carboxylic acids is 1. The van der Waals surface area contributed by atoms with Crippen LogP contribution in [-0.4, -0.2) is 6.09 Å². The average molecular weight is 239 g/mol. The predicted octanol–water partition coefficient (Wildman–Crippen LogP) is 2.37. The number of rotatable bonds is 2. The molecule has 0 unspecified atom stereocenters. The van der Waals surface area contributed by atoms with Crippen LogP contribution in [0, 0.1) is 0 Å². The first-order chi connectivity index (χ1) is 5.29. The molecule has 0 atom stereocenters. The van der Waals surface area contributed by atoms with Crippen molar-refractivity contribution in [3.63, 3.8) is 0 Å². The fourth-order valence-electron chi connectivity index (χ4n) is 0.723. The second-order valence-electron chi connectivity index (χ2n) is 2.06. The molecule has 0 spiro atoms. The van der Waals surface area contributed by atoms with Crippen LogP contribution < -0.4 is 0 Å². The Kier molecular flexibility index (Phi) is 5.94. The van der Waals surface area contributed by atoms with Gasteiger partial charge in [0.1, 0.15) is 6.61 Å². The van der Waals surface area contributed by atoms with Gasteiger partial charge in [-0.15, -0.1) is 0 Å². The molecule has 0 fully saturated rings. The molecule has 0 heterocycles. The second kappa shape index (κ2) is 6.15. The van der Waals surface area contributed by atoms with Gasteiger partial charge in [0, 0.05) is 32.7 Å². The molecule has 61 valence electrons. The van der Waals surface area contributed by atoms with Crippen molar-refractivity contribution in [2.45, 2.75) is 6.61 Å². The van der Waals surface area contributed by atoms with Gasteiger partial charge in [0.05, 0.1) is 0 Å². The first-order valence-electron chi connectivity index (χ1n) is 3.21. The molecule has 0 saturated heterocycles.